The van der Waals surface area contributed by atoms with Crippen molar-refractivity contribution in [2.75, 3.05) is 0 Å². The van der Waals surface area contributed by atoms with Crippen LogP contribution in [0.1, 0.15) is 17.9 Å². The van der Waals surface area contributed by atoms with E-state index in [2.05, 4.69) is 39.6 Å². The Balaban J connectivity index is 1.41. The molecule has 0 aliphatic heterocycles. The molecular weight excluding hydrogens is 286 g/mol. The lowest BCUT2D eigenvalue weighted by atomic mass is 10.1. The zero-order chi connectivity index (χ0) is 15.5. The Morgan fingerprint density at radius 1 is 0.870 bits per heavy atom. The number of aryl methyl sites for hydroxylation is 2. The summed E-state index contributed by atoms with van der Waals surface area (Å²) in [7, 11) is 0. The zero-order valence-corrected chi connectivity index (χ0v) is 12.7. The normalized spacial score (nSPS) is 11.1. The van der Waals surface area contributed by atoms with E-state index in [4.69, 9.17) is 4.42 Å². The average molecular weight is 303 g/mol. The van der Waals surface area contributed by atoms with Gasteiger partial charge >= 0.3 is 0 Å². The Hall–Kier alpha value is -2.88. The molecule has 4 rings (SSSR count). The summed E-state index contributed by atoms with van der Waals surface area (Å²) in [6.07, 6.45) is 4.86. The molecule has 2 aromatic heterocycles. The standard InChI is InChI=1S/C19H17N3O/c1-2-7-14(8-3-1)19-22-21-18(23-19)12-6-9-15-13-20-17-11-5-4-10-16(15)17/h1-5,7-8,10-11,13,20H,6,9,12H2. The Morgan fingerprint density at radius 2 is 1.70 bits per heavy atom. The van der Waals surface area contributed by atoms with Gasteiger partial charge in [-0.2, -0.15) is 0 Å². The van der Waals surface area contributed by atoms with Crippen molar-refractivity contribution in [1.82, 2.24) is 15.2 Å². The molecule has 4 nitrogen and oxygen atoms in total. The maximum absolute atomic E-state index is 5.75. The molecule has 1 N–H and O–H groups in total. The van der Waals surface area contributed by atoms with E-state index in [1.54, 1.807) is 0 Å². The summed E-state index contributed by atoms with van der Waals surface area (Å²) in [6, 6.07) is 18.2. The summed E-state index contributed by atoms with van der Waals surface area (Å²) in [5.74, 6) is 1.29. The summed E-state index contributed by atoms with van der Waals surface area (Å²) in [4.78, 5) is 3.31. The van der Waals surface area contributed by atoms with Gasteiger partial charge in [-0.25, -0.2) is 0 Å². The third-order valence-electron chi connectivity index (χ3n) is 4.00. The zero-order valence-electron chi connectivity index (χ0n) is 12.7. The molecule has 0 bridgehead atoms. The Bertz CT molecular complexity index is 908. The van der Waals surface area contributed by atoms with Gasteiger partial charge in [0.1, 0.15) is 0 Å². The summed E-state index contributed by atoms with van der Waals surface area (Å²) in [5.41, 5.74) is 3.48. The fourth-order valence-corrected chi connectivity index (χ4v) is 2.82. The van der Waals surface area contributed by atoms with Crippen molar-refractivity contribution in [3.8, 4) is 11.5 Å². The molecule has 0 aliphatic rings. The second-order valence-corrected chi connectivity index (χ2v) is 5.58. The quantitative estimate of drug-likeness (QED) is 0.595. The van der Waals surface area contributed by atoms with Crippen molar-refractivity contribution in [3.63, 3.8) is 0 Å². The molecule has 0 aliphatic carbocycles. The molecule has 2 aromatic carbocycles. The van der Waals surface area contributed by atoms with Crippen molar-refractivity contribution in [3.05, 3.63) is 72.2 Å². The van der Waals surface area contributed by atoms with Crippen LogP contribution >= 0.6 is 0 Å². The van der Waals surface area contributed by atoms with Gasteiger partial charge in [0, 0.05) is 29.1 Å². The van der Waals surface area contributed by atoms with Gasteiger partial charge in [-0.1, -0.05) is 36.4 Å². The van der Waals surface area contributed by atoms with Crippen molar-refractivity contribution in [1.29, 1.82) is 0 Å². The highest BCUT2D eigenvalue weighted by atomic mass is 16.4. The number of aromatic nitrogens is 3. The molecule has 114 valence electrons. The maximum atomic E-state index is 5.75. The van der Waals surface area contributed by atoms with Crippen molar-refractivity contribution < 1.29 is 4.42 Å². The Morgan fingerprint density at radius 3 is 2.61 bits per heavy atom. The molecule has 0 radical (unpaired) electrons. The van der Waals surface area contributed by atoms with E-state index in [0.29, 0.717) is 11.8 Å². The number of hydrogen-bond donors (Lipinski definition) is 1. The Kier molecular flexibility index (Phi) is 3.64. The Labute approximate surface area is 134 Å². The largest absolute Gasteiger partial charge is 0.421 e. The highest BCUT2D eigenvalue weighted by molar-refractivity contribution is 5.82. The number of nitrogens with zero attached hydrogens (tertiary/aromatic N) is 2. The minimum Gasteiger partial charge on any atom is -0.421 e. The van der Waals surface area contributed by atoms with Crippen LogP contribution in [0, 0.1) is 0 Å². The van der Waals surface area contributed by atoms with Gasteiger partial charge in [-0.05, 0) is 36.6 Å². The van der Waals surface area contributed by atoms with Crippen LogP contribution in [0.5, 0.6) is 0 Å². The van der Waals surface area contributed by atoms with Crippen LogP contribution < -0.4 is 0 Å². The van der Waals surface area contributed by atoms with Crippen LogP contribution in [0.4, 0.5) is 0 Å². The molecule has 0 fully saturated rings. The fraction of sp³-hybridized carbons (Fsp3) is 0.158. The van der Waals surface area contributed by atoms with E-state index in [1.807, 2.05) is 36.4 Å². The van der Waals surface area contributed by atoms with E-state index in [-0.39, 0.29) is 0 Å². The number of para-hydroxylation sites is 1. The van der Waals surface area contributed by atoms with Crippen LogP contribution in [-0.4, -0.2) is 15.2 Å². The molecule has 0 spiro atoms. The lowest BCUT2D eigenvalue weighted by Crippen LogP contribution is -1.89. The fourth-order valence-electron chi connectivity index (χ4n) is 2.82. The molecule has 0 saturated heterocycles. The number of rotatable bonds is 5. The first-order valence-electron chi connectivity index (χ1n) is 7.83. The second-order valence-electron chi connectivity index (χ2n) is 5.58. The van der Waals surface area contributed by atoms with Crippen LogP contribution in [-0.2, 0) is 12.8 Å². The molecule has 0 amide bonds. The number of hydrogen-bond acceptors (Lipinski definition) is 3. The van der Waals surface area contributed by atoms with E-state index in [0.717, 1.165) is 24.8 Å². The smallest absolute Gasteiger partial charge is 0.247 e. The van der Waals surface area contributed by atoms with Gasteiger partial charge in [0.2, 0.25) is 11.8 Å². The molecule has 23 heavy (non-hydrogen) atoms. The highest BCUT2D eigenvalue weighted by Gasteiger charge is 2.09. The molecule has 2 heterocycles. The number of benzene rings is 2. The minimum atomic E-state index is 0.590. The van der Waals surface area contributed by atoms with Crippen molar-refractivity contribution in [2.24, 2.45) is 0 Å². The van der Waals surface area contributed by atoms with Gasteiger partial charge in [0.05, 0.1) is 0 Å². The van der Waals surface area contributed by atoms with E-state index in [1.165, 1.54) is 16.5 Å². The van der Waals surface area contributed by atoms with Crippen LogP contribution in [0.15, 0.2) is 65.2 Å². The van der Waals surface area contributed by atoms with Gasteiger partial charge in [-0.15, -0.1) is 10.2 Å². The van der Waals surface area contributed by atoms with Gasteiger partial charge in [0.25, 0.3) is 0 Å². The molecule has 0 saturated carbocycles. The van der Waals surface area contributed by atoms with Gasteiger partial charge < -0.3 is 9.40 Å². The number of aromatic amines is 1. The number of fused-ring (bicyclic) bond motifs is 1. The number of nitrogens with one attached hydrogen (secondary N) is 1. The predicted molar refractivity (Wildman–Crippen MR) is 90.1 cm³/mol. The van der Waals surface area contributed by atoms with E-state index < -0.39 is 0 Å². The van der Waals surface area contributed by atoms with Crippen molar-refractivity contribution in [2.45, 2.75) is 19.3 Å². The first kappa shape index (κ1) is 13.8. The molecule has 4 heteroatoms. The molecule has 0 atom stereocenters. The van der Waals surface area contributed by atoms with Gasteiger partial charge in [0.15, 0.2) is 0 Å². The van der Waals surface area contributed by atoms with Crippen LogP contribution in [0.3, 0.4) is 0 Å². The lowest BCUT2D eigenvalue weighted by Gasteiger charge is -1.98. The topological polar surface area (TPSA) is 54.7 Å². The highest BCUT2D eigenvalue weighted by Crippen LogP contribution is 2.21. The summed E-state index contributed by atoms with van der Waals surface area (Å²) < 4.78 is 5.75. The third kappa shape index (κ3) is 2.88. The predicted octanol–water partition coefficient (Wildman–Crippen LogP) is 4.39. The second kappa shape index (κ2) is 6.08. The SMILES string of the molecule is c1ccc(-c2nnc(CCCc3c[nH]c4ccccc34)o2)cc1. The van der Waals surface area contributed by atoms with E-state index in [9.17, 15) is 0 Å². The summed E-state index contributed by atoms with van der Waals surface area (Å²) in [5, 5.41) is 9.57. The number of H-pyrrole nitrogens is 1. The molecule has 0 unspecified atom stereocenters. The molecular formula is C19H17N3O. The monoisotopic (exact) mass is 303 g/mol. The summed E-state index contributed by atoms with van der Waals surface area (Å²) >= 11 is 0. The average Bonchev–Trinajstić information content (AvgIpc) is 3.23. The third-order valence-corrected chi connectivity index (χ3v) is 4.00. The van der Waals surface area contributed by atoms with Gasteiger partial charge in [-0.3, -0.25) is 0 Å². The summed E-state index contributed by atoms with van der Waals surface area (Å²) in [6.45, 7) is 0. The lowest BCUT2D eigenvalue weighted by molar-refractivity contribution is 0.497. The maximum Gasteiger partial charge on any atom is 0.247 e. The van der Waals surface area contributed by atoms with Crippen LogP contribution in [0.25, 0.3) is 22.4 Å². The van der Waals surface area contributed by atoms with E-state index >= 15 is 0 Å². The minimum absolute atomic E-state index is 0.590. The van der Waals surface area contributed by atoms with Crippen LogP contribution in [0.2, 0.25) is 0 Å². The van der Waals surface area contributed by atoms with Crippen molar-refractivity contribution >= 4 is 10.9 Å². The first-order chi connectivity index (χ1) is 11.4. The molecule has 4 aromatic rings. The first-order valence-corrected chi connectivity index (χ1v) is 7.83.